The van der Waals surface area contributed by atoms with Crippen molar-refractivity contribution in [3.63, 3.8) is 0 Å². The fourth-order valence-electron chi connectivity index (χ4n) is 4.22. The van der Waals surface area contributed by atoms with Crippen LogP contribution >= 0.6 is 0 Å². The van der Waals surface area contributed by atoms with E-state index < -0.39 is 10.6 Å². The zero-order valence-corrected chi connectivity index (χ0v) is 18.5. The van der Waals surface area contributed by atoms with Crippen LogP contribution < -0.4 is 4.74 Å². The summed E-state index contributed by atoms with van der Waals surface area (Å²) in [4.78, 5) is 18.7. The van der Waals surface area contributed by atoms with Gasteiger partial charge in [-0.25, -0.2) is 0 Å². The van der Waals surface area contributed by atoms with Crippen LogP contribution in [0.2, 0.25) is 0 Å². The highest BCUT2D eigenvalue weighted by Gasteiger charge is 2.43. The Kier molecular flexibility index (Phi) is 5.19. The van der Waals surface area contributed by atoms with Crippen molar-refractivity contribution in [1.82, 2.24) is 19.7 Å². The second-order valence-electron chi connectivity index (χ2n) is 8.48. The minimum absolute atomic E-state index is 0.131. The van der Waals surface area contributed by atoms with E-state index in [0.29, 0.717) is 0 Å². The second kappa shape index (κ2) is 7.86. The zero-order chi connectivity index (χ0) is 24.3. The summed E-state index contributed by atoms with van der Waals surface area (Å²) >= 11 is 0. The first-order valence-corrected chi connectivity index (χ1v) is 10.5. The predicted octanol–water partition coefficient (Wildman–Crippen LogP) is 1.23. The molecule has 0 atom stereocenters. The van der Waals surface area contributed by atoms with Crippen molar-refractivity contribution >= 4 is 56.0 Å². The number of nitrogens with zero attached hydrogens (tertiary/aromatic N) is 4. The lowest BCUT2D eigenvalue weighted by Gasteiger charge is -2.33. The van der Waals surface area contributed by atoms with Crippen LogP contribution in [0, 0.1) is 0 Å². The van der Waals surface area contributed by atoms with Gasteiger partial charge in [-0.2, -0.15) is 5.10 Å². The quantitative estimate of drug-likeness (QED) is 0.445. The third kappa shape index (κ3) is 3.93. The molecule has 5 rings (SSSR count). The highest BCUT2D eigenvalue weighted by molar-refractivity contribution is 6.58. The molecule has 10 radical (unpaired) electrons. The van der Waals surface area contributed by atoms with Gasteiger partial charge in [0.2, 0.25) is 0 Å². The standard InChI is InChI=1S/C23H15B5N4O2/c1-31-12-18-16(3-2-4-19(18)30-31)14-7-5-13(6-8-14)11-32-21(33)17-9-15(34-23(26,27)28)10-29-20(17)22(32,24)25/h2-10,12H,11H2,1H3. The Morgan fingerprint density at radius 1 is 1.06 bits per heavy atom. The Bertz CT molecular complexity index is 1410. The average molecular weight is 433 g/mol. The van der Waals surface area contributed by atoms with Crippen molar-refractivity contribution in [3.8, 4) is 16.9 Å². The molecule has 1 aliphatic rings. The molecule has 34 heavy (non-hydrogen) atoms. The number of rotatable bonds is 5. The lowest BCUT2D eigenvalue weighted by Crippen LogP contribution is -2.44. The minimum Gasteiger partial charge on any atom is -0.514 e. The van der Waals surface area contributed by atoms with Crippen molar-refractivity contribution in [1.29, 1.82) is 0 Å². The van der Waals surface area contributed by atoms with Gasteiger partial charge in [-0.1, -0.05) is 36.4 Å². The number of benzene rings is 2. The van der Waals surface area contributed by atoms with E-state index in [-0.39, 0.29) is 29.5 Å². The first-order valence-electron chi connectivity index (χ1n) is 10.5. The van der Waals surface area contributed by atoms with Gasteiger partial charge in [0, 0.05) is 30.5 Å². The third-order valence-electron chi connectivity index (χ3n) is 5.73. The highest BCUT2D eigenvalue weighted by atomic mass is 16.5. The Balaban J connectivity index is 1.41. The number of ether oxygens (including phenoxy) is 1. The molecule has 0 saturated carbocycles. The van der Waals surface area contributed by atoms with Gasteiger partial charge in [-0.15, -0.1) is 0 Å². The SMILES string of the molecule is [B]C([B])([B])Oc1cnc2c(c1)C(=O)N(Cc1ccc(-c3cccc4nn(C)cc34)cc1)C2([B])[B]. The van der Waals surface area contributed by atoms with Gasteiger partial charge in [0.15, 0.2) is 0 Å². The molecule has 154 valence electrons. The Labute approximate surface area is 204 Å². The van der Waals surface area contributed by atoms with E-state index in [0.717, 1.165) is 27.6 Å². The van der Waals surface area contributed by atoms with E-state index in [2.05, 4.69) is 16.1 Å². The second-order valence-corrected chi connectivity index (χ2v) is 8.48. The third-order valence-corrected chi connectivity index (χ3v) is 5.73. The molecular weight excluding hydrogens is 418 g/mol. The molecule has 11 heteroatoms. The molecule has 3 heterocycles. The van der Waals surface area contributed by atoms with Gasteiger partial charge in [0.25, 0.3) is 5.91 Å². The number of aromatic nitrogens is 3. The van der Waals surface area contributed by atoms with Gasteiger partial charge in [0.05, 0.1) is 38.7 Å². The summed E-state index contributed by atoms with van der Waals surface area (Å²) in [6.45, 7) is 0.185. The van der Waals surface area contributed by atoms with Crippen LogP contribution in [0.4, 0.5) is 0 Å². The lowest BCUT2D eigenvalue weighted by molar-refractivity contribution is 0.0731. The van der Waals surface area contributed by atoms with E-state index in [1.807, 2.05) is 49.6 Å². The molecule has 1 amide bonds. The number of hydrogen-bond acceptors (Lipinski definition) is 4. The molecule has 6 nitrogen and oxygen atoms in total. The predicted molar refractivity (Wildman–Crippen MR) is 134 cm³/mol. The van der Waals surface area contributed by atoms with Crippen LogP contribution in [0.1, 0.15) is 21.6 Å². The molecule has 2 aromatic heterocycles. The first kappa shape index (κ1) is 22.4. The van der Waals surface area contributed by atoms with Gasteiger partial charge in [-0.05, 0) is 34.1 Å². The Hall–Kier alpha value is -3.35. The molecule has 0 spiro atoms. The van der Waals surface area contributed by atoms with Gasteiger partial charge in [0.1, 0.15) is 29.3 Å². The fraction of sp³-hybridized carbons (Fsp3) is 0.174. The van der Waals surface area contributed by atoms with Crippen molar-refractivity contribution in [3.05, 3.63) is 77.7 Å². The normalized spacial score (nSPS) is 15.0. The van der Waals surface area contributed by atoms with Gasteiger partial charge in [-0.3, -0.25) is 14.5 Å². The maximum atomic E-state index is 13.1. The number of carbonyl (C=O) groups is 1. The van der Waals surface area contributed by atoms with Crippen LogP contribution in [0.25, 0.3) is 22.0 Å². The molecule has 0 aliphatic carbocycles. The Morgan fingerprint density at radius 3 is 2.50 bits per heavy atom. The molecule has 2 aromatic carbocycles. The first-order chi connectivity index (χ1) is 16.0. The summed E-state index contributed by atoms with van der Waals surface area (Å²) in [7, 11) is 31.0. The van der Waals surface area contributed by atoms with Gasteiger partial charge >= 0.3 is 0 Å². The monoisotopic (exact) mass is 434 g/mol. The molecule has 4 aromatic rings. The number of carbonyl (C=O) groups excluding carboxylic acids is 1. The molecule has 0 N–H and O–H groups in total. The molecular formula is C23H15B5N4O2. The van der Waals surface area contributed by atoms with Crippen LogP contribution in [0.3, 0.4) is 0 Å². The number of amides is 1. The van der Waals surface area contributed by atoms with E-state index in [1.165, 1.54) is 17.2 Å². The van der Waals surface area contributed by atoms with Crippen LogP contribution in [-0.2, 0) is 18.9 Å². The van der Waals surface area contributed by atoms with Crippen molar-refractivity contribution in [2.24, 2.45) is 7.05 Å². The van der Waals surface area contributed by atoms with E-state index in [9.17, 15) is 4.79 Å². The van der Waals surface area contributed by atoms with Crippen LogP contribution in [-0.4, -0.2) is 70.1 Å². The molecule has 0 saturated heterocycles. The van der Waals surface area contributed by atoms with Crippen LogP contribution in [0.5, 0.6) is 5.75 Å². The van der Waals surface area contributed by atoms with Crippen molar-refractivity contribution < 1.29 is 9.53 Å². The lowest BCUT2D eigenvalue weighted by atomic mass is 9.52. The number of aryl methyl sites for hydroxylation is 1. The van der Waals surface area contributed by atoms with E-state index in [4.69, 9.17) is 44.0 Å². The molecule has 0 fully saturated rings. The van der Waals surface area contributed by atoms with Crippen LogP contribution in [0.15, 0.2) is 60.9 Å². The highest BCUT2D eigenvalue weighted by Crippen LogP contribution is 2.36. The van der Waals surface area contributed by atoms with Crippen molar-refractivity contribution in [2.45, 2.75) is 17.2 Å². The van der Waals surface area contributed by atoms with Crippen molar-refractivity contribution in [2.75, 3.05) is 0 Å². The number of pyridine rings is 1. The van der Waals surface area contributed by atoms with E-state index >= 15 is 0 Å². The summed E-state index contributed by atoms with van der Waals surface area (Å²) < 4.78 is 6.99. The van der Waals surface area contributed by atoms with Gasteiger partial charge < -0.3 is 9.64 Å². The number of hydrogen-bond donors (Lipinski definition) is 0. The maximum Gasteiger partial charge on any atom is 0.255 e. The fourth-order valence-corrected chi connectivity index (χ4v) is 4.22. The topological polar surface area (TPSA) is 60.2 Å². The minimum atomic E-state index is -1.92. The Morgan fingerprint density at radius 2 is 1.79 bits per heavy atom. The summed E-state index contributed by atoms with van der Waals surface area (Å²) in [5.74, 6) is -0.259. The zero-order valence-electron chi connectivity index (χ0n) is 18.5. The molecule has 0 bridgehead atoms. The largest absolute Gasteiger partial charge is 0.514 e. The smallest absolute Gasteiger partial charge is 0.255 e. The summed E-state index contributed by atoms with van der Waals surface area (Å²) in [6.07, 6.45) is 3.31. The average Bonchev–Trinajstić information content (AvgIpc) is 3.23. The summed E-state index contributed by atoms with van der Waals surface area (Å²) in [5, 5.41) is 2.01. The summed E-state index contributed by atoms with van der Waals surface area (Å²) in [6, 6.07) is 15.3. The van der Waals surface area contributed by atoms with E-state index in [1.54, 1.807) is 4.68 Å². The molecule has 1 aliphatic heterocycles. The maximum absolute atomic E-state index is 13.1. The number of fused-ring (bicyclic) bond motifs is 2. The summed E-state index contributed by atoms with van der Waals surface area (Å²) in [5.41, 5.74) is 4.30. The molecule has 0 unspecified atom stereocenters.